The molecule has 0 bridgehead atoms. The van der Waals surface area contributed by atoms with E-state index in [9.17, 15) is 0 Å². The number of fused-ring (bicyclic) bond motifs is 1. The average Bonchev–Trinajstić information content (AvgIpc) is 2.91. The molecule has 0 amide bonds. The van der Waals surface area contributed by atoms with Crippen LogP contribution in [0.25, 0.3) is 11.0 Å². The molecule has 21 heavy (non-hydrogen) atoms. The van der Waals surface area contributed by atoms with Crippen molar-refractivity contribution in [3.63, 3.8) is 0 Å². The molecule has 2 aromatic rings. The summed E-state index contributed by atoms with van der Waals surface area (Å²) >= 11 is 0. The van der Waals surface area contributed by atoms with Gasteiger partial charge in [-0.05, 0) is 49.8 Å². The maximum absolute atomic E-state index is 4.51. The van der Waals surface area contributed by atoms with Crippen molar-refractivity contribution in [3.8, 4) is 0 Å². The molecule has 1 aliphatic rings. The molecular formula is C18H27N3. The largest absolute Gasteiger partial charge is 0.329 e. The van der Waals surface area contributed by atoms with Gasteiger partial charge in [0, 0.05) is 12.6 Å². The lowest BCUT2D eigenvalue weighted by molar-refractivity contribution is 0.166. The number of nitrogens with zero attached hydrogens (tertiary/aromatic N) is 2. The molecule has 4 atom stereocenters. The Labute approximate surface area is 127 Å². The predicted molar refractivity (Wildman–Crippen MR) is 88.2 cm³/mol. The van der Waals surface area contributed by atoms with Gasteiger partial charge in [0.05, 0.1) is 17.4 Å². The van der Waals surface area contributed by atoms with Crippen LogP contribution in [0, 0.1) is 17.8 Å². The van der Waals surface area contributed by atoms with Crippen LogP contribution in [-0.4, -0.2) is 22.6 Å². The minimum atomic E-state index is 0.539. The van der Waals surface area contributed by atoms with Crippen LogP contribution in [0.5, 0.6) is 0 Å². The Morgan fingerprint density at radius 3 is 2.81 bits per heavy atom. The fourth-order valence-electron chi connectivity index (χ4n) is 3.80. The van der Waals surface area contributed by atoms with Crippen LogP contribution in [-0.2, 0) is 6.54 Å². The monoisotopic (exact) mass is 285 g/mol. The molecule has 3 rings (SSSR count). The zero-order valence-corrected chi connectivity index (χ0v) is 13.4. The second-order valence-electron chi connectivity index (χ2n) is 6.81. The lowest BCUT2D eigenvalue weighted by Crippen LogP contribution is -2.40. The van der Waals surface area contributed by atoms with Gasteiger partial charge in [0.1, 0.15) is 0 Å². The van der Waals surface area contributed by atoms with Crippen molar-refractivity contribution >= 4 is 11.0 Å². The highest BCUT2D eigenvalue weighted by Gasteiger charge is 2.29. The standard InChI is InChI=1S/C18H27N3/c1-13-8-9-15(10-14(13)2)17(19-3)11-21-12-20-16-6-4-5-7-18(16)21/h4-7,12-15,17,19H,8-11H2,1-3H3. The Kier molecular flexibility index (Phi) is 4.29. The first-order valence-electron chi connectivity index (χ1n) is 8.26. The van der Waals surface area contributed by atoms with Crippen LogP contribution >= 0.6 is 0 Å². The minimum absolute atomic E-state index is 0.539. The van der Waals surface area contributed by atoms with Crippen LogP contribution in [0.15, 0.2) is 30.6 Å². The first kappa shape index (κ1) is 14.6. The highest BCUT2D eigenvalue weighted by atomic mass is 15.1. The lowest BCUT2D eigenvalue weighted by Gasteiger charge is -2.36. The van der Waals surface area contributed by atoms with Gasteiger partial charge in [-0.2, -0.15) is 0 Å². The van der Waals surface area contributed by atoms with E-state index in [4.69, 9.17) is 0 Å². The minimum Gasteiger partial charge on any atom is -0.329 e. The molecule has 0 saturated heterocycles. The fraction of sp³-hybridized carbons (Fsp3) is 0.611. The van der Waals surface area contributed by atoms with Gasteiger partial charge in [-0.3, -0.25) is 0 Å². The van der Waals surface area contributed by atoms with Gasteiger partial charge in [-0.15, -0.1) is 0 Å². The van der Waals surface area contributed by atoms with Gasteiger partial charge in [-0.1, -0.05) is 32.4 Å². The van der Waals surface area contributed by atoms with E-state index in [1.165, 1.54) is 24.8 Å². The van der Waals surface area contributed by atoms with Crippen molar-refractivity contribution in [1.29, 1.82) is 0 Å². The molecule has 1 aromatic heterocycles. The Morgan fingerprint density at radius 2 is 2.05 bits per heavy atom. The van der Waals surface area contributed by atoms with Crippen LogP contribution in [0.1, 0.15) is 33.1 Å². The maximum atomic E-state index is 4.51. The first-order valence-corrected chi connectivity index (χ1v) is 8.26. The first-order chi connectivity index (χ1) is 10.2. The van der Waals surface area contributed by atoms with Gasteiger partial charge in [-0.25, -0.2) is 4.98 Å². The number of hydrogen-bond donors (Lipinski definition) is 1. The van der Waals surface area contributed by atoms with Crippen molar-refractivity contribution in [2.75, 3.05) is 7.05 Å². The Balaban J connectivity index is 1.75. The Bertz CT molecular complexity index is 589. The number of nitrogens with one attached hydrogen (secondary N) is 1. The van der Waals surface area contributed by atoms with Gasteiger partial charge >= 0.3 is 0 Å². The Hall–Kier alpha value is -1.35. The fourth-order valence-corrected chi connectivity index (χ4v) is 3.80. The van der Waals surface area contributed by atoms with E-state index in [2.05, 4.69) is 60.0 Å². The summed E-state index contributed by atoms with van der Waals surface area (Å²) in [6.45, 7) is 5.83. The quantitative estimate of drug-likeness (QED) is 0.928. The molecule has 3 heteroatoms. The number of benzene rings is 1. The molecule has 0 spiro atoms. The Morgan fingerprint density at radius 1 is 1.24 bits per heavy atom. The van der Waals surface area contributed by atoms with Crippen LogP contribution in [0.2, 0.25) is 0 Å². The highest BCUT2D eigenvalue weighted by molar-refractivity contribution is 5.74. The van der Waals surface area contributed by atoms with Crippen molar-refractivity contribution < 1.29 is 0 Å². The summed E-state index contributed by atoms with van der Waals surface area (Å²) in [4.78, 5) is 4.51. The molecule has 1 aliphatic carbocycles. The third-order valence-corrected chi connectivity index (χ3v) is 5.50. The molecule has 1 fully saturated rings. The van der Waals surface area contributed by atoms with Crippen molar-refractivity contribution in [3.05, 3.63) is 30.6 Å². The smallest absolute Gasteiger partial charge is 0.0958 e. The average molecular weight is 285 g/mol. The molecule has 4 unspecified atom stereocenters. The summed E-state index contributed by atoms with van der Waals surface area (Å²) in [5.74, 6) is 2.51. The number of rotatable bonds is 4. The van der Waals surface area contributed by atoms with Crippen LogP contribution in [0.3, 0.4) is 0 Å². The van der Waals surface area contributed by atoms with E-state index in [1.807, 2.05) is 6.33 Å². The van der Waals surface area contributed by atoms with E-state index >= 15 is 0 Å². The van der Waals surface area contributed by atoms with E-state index in [-0.39, 0.29) is 0 Å². The van der Waals surface area contributed by atoms with Gasteiger partial charge < -0.3 is 9.88 Å². The SMILES string of the molecule is CNC(Cn1cnc2ccccc21)C1CCC(C)C(C)C1. The summed E-state index contributed by atoms with van der Waals surface area (Å²) in [6, 6.07) is 8.95. The van der Waals surface area contributed by atoms with Crippen molar-refractivity contribution in [1.82, 2.24) is 14.9 Å². The number of para-hydroxylation sites is 2. The van der Waals surface area contributed by atoms with E-state index in [0.29, 0.717) is 6.04 Å². The number of aromatic nitrogens is 2. The molecular weight excluding hydrogens is 258 g/mol. The number of imidazole rings is 1. The molecule has 114 valence electrons. The van der Waals surface area contributed by atoms with Crippen LogP contribution in [0.4, 0.5) is 0 Å². The second kappa shape index (κ2) is 6.18. The molecule has 0 radical (unpaired) electrons. The van der Waals surface area contributed by atoms with Gasteiger partial charge in [0.15, 0.2) is 0 Å². The zero-order chi connectivity index (χ0) is 14.8. The predicted octanol–water partition coefficient (Wildman–Crippen LogP) is 3.70. The van der Waals surface area contributed by atoms with Crippen molar-refractivity contribution in [2.45, 2.75) is 45.7 Å². The topological polar surface area (TPSA) is 29.9 Å². The second-order valence-corrected chi connectivity index (χ2v) is 6.81. The summed E-state index contributed by atoms with van der Waals surface area (Å²) in [7, 11) is 2.10. The molecule has 1 heterocycles. The molecule has 3 nitrogen and oxygen atoms in total. The van der Waals surface area contributed by atoms with E-state index in [0.717, 1.165) is 29.8 Å². The normalized spacial score (nSPS) is 27.9. The van der Waals surface area contributed by atoms with E-state index in [1.54, 1.807) is 0 Å². The van der Waals surface area contributed by atoms with Crippen LogP contribution < -0.4 is 5.32 Å². The molecule has 1 aromatic carbocycles. The van der Waals surface area contributed by atoms with E-state index < -0.39 is 0 Å². The zero-order valence-electron chi connectivity index (χ0n) is 13.4. The third kappa shape index (κ3) is 2.98. The van der Waals surface area contributed by atoms with Gasteiger partial charge in [0.2, 0.25) is 0 Å². The third-order valence-electron chi connectivity index (χ3n) is 5.50. The molecule has 1 saturated carbocycles. The number of hydrogen-bond acceptors (Lipinski definition) is 2. The summed E-state index contributed by atoms with van der Waals surface area (Å²) in [5, 5.41) is 3.56. The molecule has 0 aliphatic heterocycles. The van der Waals surface area contributed by atoms with Gasteiger partial charge in [0.25, 0.3) is 0 Å². The number of likely N-dealkylation sites (N-methyl/N-ethyl adjacent to an activating group) is 1. The molecule has 1 N–H and O–H groups in total. The van der Waals surface area contributed by atoms with Crippen molar-refractivity contribution in [2.24, 2.45) is 17.8 Å². The lowest BCUT2D eigenvalue weighted by atomic mass is 9.73. The highest BCUT2D eigenvalue weighted by Crippen LogP contribution is 2.35. The summed E-state index contributed by atoms with van der Waals surface area (Å²) in [5.41, 5.74) is 2.34. The maximum Gasteiger partial charge on any atom is 0.0958 e. The summed E-state index contributed by atoms with van der Waals surface area (Å²) < 4.78 is 2.30. The summed E-state index contributed by atoms with van der Waals surface area (Å²) in [6.07, 6.45) is 6.06.